The van der Waals surface area contributed by atoms with Crippen LogP contribution < -0.4 is 5.73 Å². The monoisotopic (exact) mass is 493 g/mol. The van der Waals surface area contributed by atoms with Crippen LogP contribution in [0.1, 0.15) is 42.1 Å². The molecular weight excluding hydrogens is 466 g/mol. The van der Waals surface area contributed by atoms with Crippen LogP contribution in [0.25, 0.3) is 27.9 Å². The molecule has 0 unspecified atom stereocenters. The van der Waals surface area contributed by atoms with Crippen LogP contribution in [0.2, 0.25) is 0 Å². The van der Waals surface area contributed by atoms with Gasteiger partial charge in [0.15, 0.2) is 5.65 Å². The van der Waals surface area contributed by atoms with Crippen LogP contribution in [0.3, 0.4) is 0 Å². The number of nitrogen functional groups attached to an aromatic ring is 1. The third-order valence-electron chi connectivity index (χ3n) is 6.34. The zero-order valence-electron chi connectivity index (χ0n) is 19.7. The molecule has 0 aliphatic carbocycles. The molecule has 2 N–H and O–H groups in total. The number of fused-ring (bicyclic) bond motifs is 2. The summed E-state index contributed by atoms with van der Waals surface area (Å²) in [6.07, 6.45) is 2.72. The standard InChI is InChI=1S/C25H27N5O4S/c1-3-34-25(31)21-22-24(28-19-10-6-5-9-18(19)27-22)30(23(21)26)17-12-11-16(2)20(15-17)35(32,33)29-13-7-4-8-14-29/h5-6,9-12,15H,3-4,7-8,13-14,26H2,1-2H3. The van der Waals surface area contributed by atoms with E-state index in [0.29, 0.717) is 46.5 Å². The van der Waals surface area contributed by atoms with Crippen molar-refractivity contribution in [2.75, 3.05) is 25.4 Å². The highest BCUT2D eigenvalue weighted by Gasteiger charge is 2.30. The summed E-state index contributed by atoms with van der Waals surface area (Å²) in [7, 11) is -3.69. The number of sulfonamides is 1. The van der Waals surface area contributed by atoms with Gasteiger partial charge < -0.3 is 10.5 Å². The first kappa shape index (κ1) is 23.3. The molecule has 1 fully saturated rings. The number of para-hydroxylation sites is 2. The molecule has 2 aromatic carbocycles. The Morgan fingerprint density at radius 2 is 1.74 bits per heavy atom. The fraction of sp³-hybridized carbons (Fsp3) is 0.320. The van der Waals surface area contributed by atoms with E-state index in [-0.39, 0.29) is 22.9 Å². The third-order valence-corrected chi connectivity index (χ3v) is 8.38. The van der Waals surface area contributed by atoms with E-state index in [9.17, 15) is 13.2 Å². The zero-order chi connectivity index (χ0) is 24.7. The van der Waals surface area contributed by atoms with E-state index >= 15 is 0 Å². The van der Waals surface area contributed by atoms with E-state index in [0.717, 1.165) is 19.3 Å². The van der Waals surface area contributed by atoms with Gasteiger partial charge in [-0.2, -0.15) is 4.31 Å². The molecule has 3 heterocycles. The number of anilines is 1. The minimum atomic E-state index is -3.69. The van der Waals surface area contributed by atoms with Crippen molar-refractivity contribution < 1.29 is 17.9 Å². The fourth-order valence-electron chi connectivity index (χ4n) is 4.58. The Kier molecular flexibility index (Phi) is 5.94. The van der Waals surface area contributed by atoms with Crippen molar-refractivity contribution in [3.05, 3.63) is 53.6 Å². The molecule has 2 aromatic heterocycles. The fourth-order valence-corrected chi connectivity index (χ4v) is 6.34. The topological polar surface area (TPSA) is 120 Å². The van der Waals surface area contributed by atoms with Crippen molar-refractivity contribution >= 4 is 44.0 Å². The van der Waals surface area contributed by atoms with Crippen LogP contribution in [0, 0.1) is 6.92 Å². The van der Waals surface area contributed by atoms with Gasteiger partial charge in [0, 0.05) is 13.1 Å². The van der Waals surface area contributed by atoms with Crippen LogP contribution in [0.4, 0.5) is 5.82 Å². The molecule has 0 bridgehead atoms. The van der Waals surface area contributed by atoms with Gasteiger partial charge in [-0.15, -0.1) is 0 Å². The lowest BCUT2D eigenvalue weighted by Gasteiger charge is -2.26. The number of nitrogens with zero attached hydrogens (tertiary/aromatic N) is 4. The Labute approximate surface area is 203 Å². The van der Waals surface area contributed by atoms with Crippen LogP contribution in [0.15, 0.2) is 47.4 Å². The molecule has 35 heavy (non-hydrogen) atoms. The summed E-state index contributed by atoms with van der Waals surface area (Å²) in [6.45, 7) is 4.67. The SMILES string of the molecule is CCOC(=O)c1c(N)n(-c2ccc(C)c(S(=O)(=O)N3CCCCC3)c2)c2nc3ccccc3nc12. The Morgan fingerprint density at radius 1 is 1.06 bits per heavy atom. The van der Waals surface area contributed by atoms with Crippen LogP contribution in [-0.2, 0) is 14.8 Å². The number of piperidine rings is 1. The largest absolute Gasteiger partial charge is 0.462 e. The van der Waals surface area contributed by atoms with Gasteiger partial charge >= 0.3 is 5.97 Å². The van der Waals surface area contributed by atoms with Gasteiger partial charge in [0.05, 0.1) is 28.2 Å². The molecule has 0 spiro atoms. The van der Waals surface area contributed by atoms with Gasteiger partial charge in [-0.3, -0.25) is 4.57 Å². The molecule has 5 rings (SSSR count). The van der Waals surface area contributed by atoms with Crippen molar-refractivity contribution in [1.82, 2.24) is 18.8 Å². The Bertz CT molecular complexity index is 1560. The minimum absolute atomic E-state index is 0.0962. The second kappa shape index (κ2) is 8.94. The number of carbonyl (C=O) groups is 1. The van der Waals surface area contributed by atoms with Crippen molar-refractivity contribution in [3.63, 3.8) is 0 Å². The van der Waals surface area contributed by atoms with Crippen molar-refractivity contribution in [2.24, 2.45) is 0 Å². The number of hydrogen-bond donors (Lipinski definition) is 1. The number of aryl methyl sites for hydroxylation is 1. The molecule has 0 saturated carbocycles. The maximum atomic E-state index is 13.5. The maximum Gasteiger partial charge on any atom is 0.344 e. The smallest absolute Gasteiger partial charge is 0.344 e. The van der Waals surface area contributed by atoms with Gasteiger partial charge in [-0.05, 0) is 56.5 Å². The number of carbonyl (C=O) groups excluding carboxylic acids is 1. The summed E-state index contributed by atoms with van der Waals surface area (Å²) >= 11 is 0. The molecule has 1 aliphatic heterocycles. The second-order valence-corrected chi connectivity index (χ2v) is 10.5. The first-order chi connectivity index (χ1) is 16.8. The molecule has 10 heteroatoms. The van der Waals surface area contributed by atoms with E-state index in [1.807, 2.05) is 18.2 Å². The van der Waals surface area contributed by atoms with Crippen molar-refractivity contribution in [1.29, 1.82) is 0 Å². The summed E-state index contributed by atoms with van der Waals surface area (Å²) < 4.78 is 35.4. The Morgan fingerprint density at radius 3 is 2.43 bits per heavy atom. The number of benzene rings is 2. The first-order valence-corrected chi connectivity index (χ1v) is 13.1. The van der Waals surface area contributed by atoms with Crippen molar-refractivity contribution in [3.8, 4) is 5.69 Å². The van der Waals surface area contributed by atoms with Crippen LogP contribution in [0.5, 0.6) is 0 Å². The predicted molar refractivity (Wildman–Crippen MR) is 134 cm³/mol. The van der Waals surface area contributed by atoms with Gasteiger partial charge in [-0.1, -0.05) is 24.6 Å². The molecule has 0 amide bonds. The van der Waals surface area contributed by atoms with Crippen molar-refractivity contribution in [2.45, 2.75) is 38.0 Å². The number of aromatic nitrogens is 3. The summed E-state index contributed by atoms with van der Waals surface area (Å²) in [5, 5.41) is 0. The zero-order valence-corrected chi connectivity index (χ0v) is 20.5. The van der Waals surface area contributed by atoms with Gasteiger partial charge in [0.1, 0.15) is 16.9 Å². The molecular formula is C25H27N5O4S. The average Bonchev–Trinajstić information content (AvgIpc) is 3.14. The summed E-state index contributed by atoms with van der Waals surface area (Å²) in [4.78, 5) is 22.5. The van der Waals surface area contributed by atoms with E-state index in [4.69, 9.17) is 15.5 Å². The van der Waals surface area contributed by atoms with E-state index in [1.165, 1.54) is 4.31 Å². The molecule has 1 aliphatic rings. The second-order valence-electron chi connectivity index (χ2n) is 8.62. The highest BCUT2D eigenvalue weighted by Crippen LogP contribution is 2.33. The summed E-state index contributed by atoms with van der Waals surface area (Å²) in [5.74, 6) is -0.509. The first-order valence-electron chi connectivity index (χ1n) is 11.7. The average molecular weight is 494 g/mol. The third kappa shape index (κ3) is 3.92. The maximum absolute atomic E-state index is 13.5. The van der Waals surface area contributed by atoms with E-state index < -0.39 is 16.0 Å². The molecule has 0 atom stereocenters. The number of nitrogens with two attached hydrogens (primary N) is 1. The Balaban J connectivity index is 1.75. The lowest BCUT2D eigenvalue weighted by atomic mass is 10.2. The van der Waals surface area contributed by atoms with Crippen LogP contribution >= 0.6 is 0 Å². The molecule has 9 nitrogen and oxygen atoms in total. The van der Waals surface area contributed by atoms with E-state index in [1.54, 1.807) is 42.7 Å². The summed E-state index contributed by atoms with van der Waals surface area (Å²) in [5.41, 5.74) is 9.63. The normalized spacial score (nSPS) is 15.0. The highest BCUT2D eigenvalue weighted by atomic mass is 32.2. The Hall–Kier alpha value is -3.50. The minimum Gasteiger partial charge on any atom is -0.462 e. The molecule has 4 aromatic rings. The number of rotatable bonds is 5. The number of esters is 1. The lowest BCUT2D eigenvalue weighted by molar-refractivity contribution is 0.0529. The highest BCUT2D eigenvalue weighted by molar-refractivity contribution is 7.89. The number of hydrogen-bond acceptors (Lipinski definition) is 7. The van der Waals surface area contributed by atoms with E-state index in [2.05, 4.69) is 4.98 Å². The molecule has 1 saturated heterocycles. The number of ether oxygens (including phenoxy) is 1. The van der Waals surface area contributed by atoms with Gasteiger partial charge in [0.2, 0.25) is 10.0 Å². The predicted octanol–water partition coefficient (Wildman–Crippen LogP) is 3.82. The van der Waals surface area contributed by atoms with Crippen LogP contribution in [-0.4, -0.2) is 52.9 Å². The molecule has 182 valence electrons. The van der Waals surface area contributed by atoms with Gasteiger partial charge in [0.25, 0.3) is 0 Å². The lowest BCUT2D eigenvalue weighted by Crippen LogP contribution is -2.36. The molecule has 0 radical (unpaired) electrons. The summed E-state index contributed by atoms with van der Waals surface area (Å²) in [6, 6.07) is 12.4. The quantitative estimate of drug-likeness (QED) is 0.420. The van der Waals surface area contributed by atoms with Gasteiger partial charge in [-0.25, -0.2) is 23.2 Å².